The van der Waals surface area contributed by atoms with Crippen LogP contribution in [0, 0.1) is 0 Å². The second-order valence-electron chi connectivity index (χ2n) is 7.10. The predicted molar refractivity (Wildman–Crippen MR) is 100 cm³/mol. The summed E-state index contributed by atoms with van der Waals surface area (Å²) in [6.45, 7) is 7.87. The van der Waals surface area contributed by atoms with Crippen molar-refractivity contribution in [3.63, 3.8) is 0 Å². The molecule has 0 aliphatic heterocycles. The minimum atomic E-state index is -0.0957. The molecule has 0 saturated heterocycles. The van der Waals surface area contributed by atoms with Crippen molar-refractivity contribution >= 4 is 27.3 Å². The van der Waals surface area contributed by atoms with Crippen LogP contribution >= 0.6 is 27.3 Å². The van der Waals surface area contributed by atoms with Gasteiger partial charge in [0.1, 0.15) is 11.6 Å². The molecule has 3 rings (SSSR count). The van der Waals surface area contributed by atoms with E-state index in [4.69, 9.17) is 0 Å². The lowest BCUT2D eigenvalue weighted by atomic mass is 9.90. The van der Waals surface area contributed by atoms with Crippen molar-refractivity contribution in [1.82, 2.24) is 14.8 Å². The number of hydrogen-bond donors (Lipinski definition) is 0. The van der Waals surface area contributed by atoms with Crippen molar-refractivity contribution in [1.29, 1.82) is 0 Å². The summed E-state index contributed by atoms with van der Waals surface area (Å²) >= 11 is 5.39. The molecule has 0 N–H and O–H groups in total. The molecule has 0 unspecified atom stereocenters. The third-order valence-electron chi connectivity index (χ3n) is 4.71. The van der Waals surface area contributed by atoms with E-state index in [1.165, 1.54) is 53.0 Å². The molecule has 0 aromatic carbocycles. The lowest BCUT2D eigenvalue weighted by Gasteiger charge is -2.24. The van der Waals surface area contributed by atoms with Crippen LogP contribution in [0.3, 0.4) is 0 Å². The minimum Gasteiger partial charge on any atom is -0.314 e. The first kappa shape index (κ1) is 17.2. The van der Waals surface area contributed by atoms with Gasteiger partial charge in [0, 0.05) is 17.3 Å². The summed E-state index contributed by atoms with van der Waals surface area (Å²) in [6, 6.07) is 4.34. The van der Waals surface area contributed by atoms with Crippen LogP contribution < -0.4 is 0 Å². The monoisotopic (exact) mass is 395 g/mol. The number of thiophene rings is 1. The molecule has 5 heteroatoms. The van der Waals surface area contributed by atoms with Gasteiger partial charge in [0.05, 0.1) is 9.20 Å². The van der Waals surface area contributed by atoms with E-state index in [2.05, 4.69) is 63.6 Å². The molecular formula is C18H26BrN3S. The van der Waals surface area contributed by atoms with Gasteiger partial charge in [-0.1, -0.05) is 26.2 Å². The first-order valence-electron chi connectivity index (χ1n) is 8.73. The first-order valence-corrected chi connectivity index (χ1v) is 10.3. The molecule has 1 fully saturated rings. The van der Waals surface area contributed by atoms with Crippen molar-refractivity contribution in [3.05, 3.63) is 32.4 Å². The lowest BCUT2D eigenvalue weighted by molar-refractivity contribution is 0.499. The van der Waals surface area contributed by atoms with Crippen LogP contribution in [-0.2, 0) is 12.0 Å². The van der Waals surface area contributed by atoms with Gasteiger partial charge in [-0.05, 0) is 61.2 Å². The smallest absolute Gasteiger partial charge is 0.143 e. The summed E-state index contributed by atoms with van der Waals surface area (Å²) in [5.41, 5.74) is -0.0957. The summed E-state index contributed by atoms with van der Waals surface area (Å²) in [5, 5.41) is 9.22. The average Bonchev–Trinajstić information content (AvgIpc) is 3.11. The summed E-state index contributed by atoms with van der Waals surface area (Å²) in [6.07, 6.45) is 7.67. The van der Waals surface area contributed by atoms with E-state index in [1.54, 1.807) is 11.3 Å². The van der Waals surface area contributed by atoms with Crippen LogP contribution in [0.25, 0.3) is 0 Å². The van der Waals surface area contributed by atoms with E-state index in [9.17, 15) is 0 Å². The highest BCUT2D eigenvalue weighted by Gasteiger charge is 2.36. The van der Waals surface area contributed by atoms with Gasteiger partial charge < -0.3 is 4.57 Å². The quantitative estimate of drug-likeness (QED) is 0.521. The maximum absolute atomic E-state index is 4.64. The molecule has 2 aromatic heterocycles. The fraction of sp³-hybridized carbons (Fsp3) is 0.667. The normalized spacial score (nSPS) is 15.3. The van der Waals surface area contributed by atoms with E-state index in [1.807, 2.05) is 0 Å². The zero-order valence-electron chi connectivity index (χ0n) is 14.3. The fourth-order valence-electron chi connectivity index (χ4n) is 3.10. The fourth-order valence-corrected chi connectivity index (χ4v) is 4.58. The van der Waals surface area contributed by atoms with Crippen molar-refractivity contribution in [2.45, 2.75) is 77.2 Å². The van der Waals surface area contributed by atoms with Crippen LogP contribution in [0.4, 0.5) is 0 Å². The highest BCUT2D eigenvalue weighted by molar-refractivity contribution is 9.11. The van der Waals surface area contributed by atoms with Crippen molar-refractivity contribution in [2.24, 2.45) is 0 Å². The number of hydrogen-bond acceptors (Lipinski definition) is 3. The molecule has 1 aliphatic carbocycles. The van der Waals surface area contributed by atoms with E-state index in [0.29, 0.717) is 5.92 Å². The minimum absolute atomic E-state index is 0.0957. The molecule has 1 aliphatic rings. The SMILES string of the molecule is CCCCCCn1c(C2CC2)nnc1C(C)(C)c1ccc(Br)s1. The van der Waals surface area contributed by atoms with Crippen molar-refractivity contribution < 1.29 is 0 Å². The zero-order chi connectivity index (χ0) is 16.4. The molecule has 126 valence electrons. The lowest BCUT2D eigenvalue weighted by Crippen LogP contribution is -2.24. The highest BCUT2D eigenvalue weighted by atomic mass is 79.9. The van der Waals surface area contributed by atoms with Gasteiger partial charge in [-0.25, -0.2) is 0 Å². The number of halogens is 1. The maximum atomic E-state index is 4.64. The largest absolute Gasteiger partial charge is 0.314 e. The molecule has 2 aromatic rings. The second kappa shape index (κ2) is 7.06. The Morgan fingerprint density at radius 1 is 1.22 bits per heavy atom. The van der Waals surface area contributed by atoms with E-state index < -0.39 is 0 Å². The van der Waals surface area contributed by atoms with Crippen LogP contribution in [0.5, 0.6) is 0 Å². The van der Waals surface area contributed by atoms with E-state index in [-0.39, 0.29) is 5.41 Å². The first-order chi connectivity index (χ1) is 11.0. The van der Waals surface area contributed by atoms with Crippen molar-refractivity contribution in [2.75, 3.05) is 0 Å². The highest BCUT2D eigenvalue weighted by Crippen LogP contribution is 2.42. The number of nitrogens with zero attached hydrogens (tertiary/aromatic N) is 3. The Morgan fingerprint density at radius 2 is 2.00 bits per heavy atom. The third kappa shape index (κ3) is 3.71. The Labute approximate surface area is 151 Å². The second-order valence-corrected chi connectivity index (χ2v) is 9.56. The molecule has 0 bridgehead atoms. The molecule has 3 nitrogen and oxygen atoms in total. The Morgan fingerprint density at radius 3 is 2.61 bits per heavy atom. The molecule has 0 atom stereocenters. The molecule has 2 heterocycles. The van der Waals surface area contributed by atoms with E-state index in [0.717, 1.165) is 12.4 Å². The molecule has 0 amide bonds. The van der Waals surface area contributed by atoms with Crippen molar-refractivity contribution in [3.8, 4) is 0 Å². The molecule has 1 saturated carbocycles. The van der Waals surface area contributed by atoms with Gasteiger partial charge in [0.15, 0.2) is 0 Å². The molecular weight excluding hydrogens is 370 g/mol. The Bertz CT molecular complexity index is 655. The van der Waals surface area contributed by atoms with Crippen LogP contribution in [0.2, 0.25) is 0 Å². The molecule has 0 radical (unpaired) electrons. The topological polar surface area (TPSA) is 30.7 Å². The van der Waals surface area contributed by atoms with Gasteiger partial charge in [-0.15, -0.1) is 21.5 Å². The standard InChI is InChI=1S/C18H26BrN3S/c1-4-5-6-7-12-22-16(13-8-9-13)20-21-17(22)18(2,3)14-10-11-15(19)23-14/h10-11,13H,4-9,12H2,1-3H3. The Hall–Kier alpha value is -0.680. The number of aromatic nitrogens is 3. The third-order valence-corrected chi connectivity index (χ3v) is 6.65. The zero-order valence-corrected chi connectivity index (χ0v) is 16.7. The Kier molecular flexibility index (Phi) is 5.26. The maximum Gasteiger partial charge on any atom is 0.143 e. The summed E-state index contributed by atoms with van der Waals surface area (Å²) in [4.78, 5) is 1.34. The van der Waals surface area contributed by atoms with E-state index >= 15 is 0 Å². The summed E-state index contributed by atoms with van der Waals surface area (Å²) in [5.74, 6) is 3.00. The predicted octanol–water partition coefficient (Wildman–Crippen LogP) is 5.89. The van der Waals surface area contributed by atoms with Gasteiger partial charge in [-0.3, -0.25) is 0 Å². The number of rotatable bonds is 8. The average molecular weight is 396 g/mol. The van der Waals surface area contributed by atoms with Gasteiger partial charge in [-0.2, -0.15) is 0 Å². The van der Waals surface area contributed by atoms with Gasteiger partial charge >= 0.3 is 0 Å². The van der Waals surface area contributed by atoms with Gasteiger partial charge in [0.2, 0.25) is 0 Å². The van der Waals surface area contributed by atoms with Crippen LogP contribution in [0.1, 0.15) is 81.7 Å². The van der Waals surface area contributed by atoms with Gasteiger partial charge in [0.25, 0.3) is 0 Å². The van der Waals surface area contributed by atoms with Crippen LogP contribution in [-0.4, -0.2) is 14.8 Å². The summed E-state index contributed by atoms with van der Waals surface area (Å²) < 4.78 is 3.61. The Balaban J connectivity index is 1.88. The summed E-state index contributed by atoms with van der Waals surface area (Å²) in [7, 11) is 0. The molecule has 0 spiro atoms. The number of unbranched alkanes of at least 4 members (excludes halogenated alkanes) is 3. The molecule has 23 heavy (non-hydrogen) atoms. The van der Waals surface area contributed by atoms with Crippen LogP contribution in [0.15, 0.2) is 15.9 Å².